The second-order valence-corrected chi connectivity index (χ2v) is 8.46. The predicted octanol–water partition coefficient (Wildman–Crippen LogP) is 1.71. The first-order valence-corrected chi connectivity index (χ1v) is 9.70. The second-order valence-electron chi connectivity index (χ2n) is 6.52. The maximum Gasteiger partial charge on any atom is 0.261 e. The highest BCUT2D eigenvalue weighted by Gasteiger charge is 2.35. The number of sulfone groups is 1. The predicted molar refractivity (Wildman–Crippen MR) is 87.4 cm³/mol. The number of amides is 1. The van der Waals surface area contributed by atoms with Crippen molar-refractivity contribution in [2.75, 3.05) is 5.75 Å². The van der Waals surface area contributed by atoms with E-state index >= 15 is 0 Å². The van der Waals surface area contributed by atoms with Gasteiger partial charge in [-0.2, -0.15) is 0 Å². The van der Waals surface area contributed by atoms with Gasteiger partial charge < -0.3 is 10.3 Å². The van der Waals surface area contributed by atoms with Gasteiger partial charge in [-0.15, -0.1) is 0 Å². The van der Waals surface area contributed by atoms with E-state index in [2.05, 4.69) is 10.3 Å². The summed E-state index contributed by atoms with van der Waals surface area (Å²) in [6.45, 7) is 0. The molecule has 0 unspecified atom stereocenters. The van der Waals surface area contributed by atoms with E-state index in [1.54, 1.807) is 6.07 Å². The summed E-state index contributed by atoms with van der Waals surface area (Å²) in [6, 6.07) is 2.24. The molecule has 6 nitrogen and oxygen atoms in total. The Morgan fingerprint density at radius 1 is 1.24 bits per heavy atom. The van der Waals surface area contributed by atoms with E-state index in [0.717, 1.165) is 5.41 Å². The molecule has 1 aliphatic heterocycles. The van der Waals surface area contributed by atoms with Crippen molar-refractivity contribution in [3.05, 3.63) is 45.2 Å². The molecular formula is C16H18F2N2O4S. The van der Waals surface area contributed by atoms with E-state index in [1.165, 1.54) is 12.1 Å². The molecule has 25 heavy (non-hydrogen) atoms. The molecule has 1 atom stereocenters. The average Bonchev–Trinajstić information content (AvgIpc) is 2.85. The molecule has 0 saturated heterocycles. The molecule has 3 rings (SSSR count). The molecule has 2 heterocycles. The maximum atomic E-state index is 13.2. The molecule has 2 N–H and O–H groups in total. The van der Waals surface area contributed by atoms with E-state index in [1.807, 2.05) is 0 Å². The second kappa shape index (κ2) is 6.36. The average molecular weight is 372 g/mol. The van der Waals surface area contributed by atoms with Gasteiger partial charge in [0, 0.05) is 23.9 Å². The molecule has 2 aliphatic rings. The van der Waals surface area contributed by atoms with Crippen LogP contribution in [0.1, 0.15) is 47.7 Å². The Bertz CT molecular complexity index is 866. The number of carbonyl (C=O) groups excluding carboxylic acids is 1. The van der Waals surface area contributed by atoms with E-state index in [-0.39, 0.29) is 42.9 Å². The quantitative estimate of drug-likeness (QED) is 0.844. The normalized spacial score (nSPS) is 25.0. The van der Waals surface area contributed by atoms with Crippen molar-refractivity contribution in [1.82, 2.24) is 10.3 Å². The molecule has 0 spiro atoms. The molecule has 136 valence electrons. The van der Waals surface area contributed by atoms with Crippen LogP contribution in [0.5, 0.6) is 0 Å². The molecule has 1 aliphatic carbocycles. The Morgan fingerprint density at radius 2 is 1.92 bits per heavy atom. The van der Waals surface area contributed by atoms with Gasteiger partial charge in [0.1, 0.15) is 5.56 Å². The lowest BCUT2D eigenvalue weighted by molar-refractivity contribution is -0.0384. The Hall–Kier alpha value is -2.03. The molecule has 0 aromatic carbocycles. The van der Waals surface area contributed by atoms with Crippen LogP contribution < -0.4 is 10.9 Å². The fourth-order valence-electron chi connectivity index (χ4n) is 3.17. The van der Waals surface area contributed by atoms with Crippen molar-refractivity contribution < 1.29 is 22.0 Å². The van der Waals surface area contributed by atoms with Gasteiger partial charge in [0.15, 0.2) is 9.84 Å². The van der Waals surface area contributed by atoms with Crippen LogP contribution in [0.25, 0.3) is 0 Å². The van der Waals surface area contributed by atoms with Crippen LogP contribution >= 0.6 is 0 Å². The number of hydrogen-bond acceptors (Lipinski definition) is 4. The minimum Gasteiger partial charge on any atom is -0.345 e. The summed E-state index contributed by atoms with van der Waals surface area (Å²) in [6.07, 6.45) is 1.48. The van der Waals surface area contributed by atoms with Gasteiger partial charge in [-0.1, -0.05) is 0 Å². The first-order chi connectivity index (χ1) is 11.7. The number of nitrogens with one attached hydrogen (secondary N) is 2. The summed E-state index contributed by atoms with van der Waals surface area (Å²) in [7, 11) is -3.31. The zero-order chi connectivity index (χ0) is 18.2. The Balaban J connectivity index is 1.69. The fraction of sp³-hybridized carbons (Fsp3) is 0.500. The largest absolute Gasteiger partial charge is 0.345 e. The molecule has 1 amide bonds. The van der Waals surface area contributed by atoms with Gasteiger partial charge in [-0.05, 0) is 37.0 Å². The topological polar surface area (TPSA) is 96.1 Å². The number of rotatable bonds is 3. The molecular weight excluding hydrogens is 354 g/mol. The number of carbonyl (C=O) groups is 1. The number of H-pyrrole nitrogens is 1. The number of aromatic nitrogens is 1. The van der Waals surface area contributed by atoms with Crippen LogP contribution in [0.15, 0.2) is 28.4 Å². The van der Waals surface area contributed by atoms with Crippen molar-refractivity contribution >= 4 is 15.7 Å². The third-order valence-corrected chi connectivity index (χ3v) is 5.98. The van der Waals surface area contributed by atoms with Crippen LogP contribution in [0.3, 0.4) is 0 Å². The van der Waals surface area contributed by atoms with Crippen LogP contribution in [-0.2, 0) is 9.84 Å². The summed E-state index contributed by atoms with van der Waals surface area (Å²) in [5, 5.41) is 3.51. The fourth-order valence-corrected chi connectivity index (χ4v) is 4.40. The van der Waals surface area contributed by atoms with Gasteiger partial charge in [0.25, 0.3) is 11.5 Å². The molecule has 1 aromatic heterocycles. The van der Waals surface area contributed by atoms with Crippen LogP contribution in [0.4, 0.5) is 8.78 Å². The molecule has 0 bridgehead atoms. The standard InChI is InChI=1S/C16H18F2N2O4S/c17-16(18)6-3-10(4-7-16)13-2-1-12(15(22)20-13)14(21)19-11-5-8-25(23,24)9-11/h1-2,5,8,10-11H,3-4,6-7,9H2,(H,19,21)(H,20,22)/t11-/m1/s1. The van der Waals surface area contributed by atoms with Crippen LogP contribution in [0, 0.1) is 0 Å². The minimum atomic E-state index is -3.31. The van der Waals surface area contributed by atoms with Crippen molar-refractivity contribution in [1.29, 1.82) is 0 Å². The molecule has 1 aromatic rings. The summed E-state index contributed by atoms with van der Waals surface area (Å²) >= 11 is 0. The monoisotopic (exact) mass is 372 g/mol. The Labute approximate surface area is 143 Å². The number of aromatic amines is 1. The lowest BCUT2D eigenvalue weighted by Crippen LogP contribution is -2.38. The first-order valence-electron chi connectivity index (χ1n) is 7.98. The summed E-state index contributed by atoms with van der Waals surface area (Å²) in [4.78, 5) is 26.9. The first kappa shape index (κ1) is 17.8. The van der Waals surface area contributed by atoms with Crippen LogP contribution in [0.2, 0.25) is 0 Å². The van der Waals surface area contributed by atoms with Gasteiger partial charge in [-0.25, -0.2) is 17.2 Å². The lowest BCUT2D eigenvalue weighted by atomic mass is 9.84. The van der Waals surface area contributed by atoms with E-state index in [9.17, 15) is 26.8 Å². The highest BCUT2D eigenvalue weighted by molar-refractivity contribution is 7.94. The summed E-state index contributed by atoms with van der Waals surface area (Å²) in [5.41, 5.74) is -0.208. The highest BCUT2D eigenvalue weighted by Crippen LogP contribution is 2.40. The number of hydrogen-bond donors (Lipinski definition) is 2. The van der Waals surface area contributed by atoms with E-state index < -0.39 is 33.3 Å². The van der Waals surface area contributed by atoms with Crippen molar-refractivity contribution in [3.8, 4) is 0 Å². The number of pyridine rings is 1. The van der Waals surface area contributed by atoms with Crippen molar-refractivity contribution in [2.45, 2.75) is 43.6 Å². The smallest absolute Gasteiger partial charge is 0.261 e. The summed E-state index contributed by atoms with van der Waals surface area (Å²) < 4.78 is 49.1. The third-order valence-electron chi connectivity index (χ3n) is 4.58. The van der Waals surface area contributed by atoms with Crippen molar-refractivity contribution in [2.24, 2.45) is 0 Å². The van der Waals surface area contributed by atoms with Gasteiger partial charge in [0.05, 0.1) is 11.8 Å². The lowest BCUT2D eigenvalue weighted by Gasteiger charge is -2.28. The molecule has 9 heteroatoms. The van der Waals surface area contributed by atoms with Gasteiger partial charge in [0.2, 0.25) is 5.92 Å². The van der Waals surface area contributed by atoms with Gasteiger partial charge >= 0.3 is 0 Å². The number of halogens is 2. The number of alkyl halides is 2. The minimum absolute atomic E-state index is 0.136. The third kappa shape index (κ3) is 4.15. The van der Waals surface area contributed by atoms with E-state index in [4.69, 9.17) is 0 Å². The summed E-state index contributed by atoms with van der Waals surface area (Å²) in [5.74, 6) is -3.71. The zero-order valence-corrected chi connectivity index (χ0v) is 14.1. The SMILES string of the molecule is O=C(N[C@@H]1C=CS(=O)(=O)C1)c1ccc(C2CCC(F)(F)CC2)[nH]c1=O. The maximum absolute atomic E-state index is 13.2. The Kier molecular flexibility index (Phi) is 4.52. The molecule has 0 radical (unpaired) electrons. The molecule has 1 saturated carbocycles. The Morgan fingerprint density at radius 3 is 2.48 bits per heavy atom. The van der Waals surface area contributed by atoms with Crippen LogP contribution in [-0.4, -0.2) is 37.0 Å². The molecule has 1 fully saturated rings. The van der Waals surface area contributed by atoms with Gasteiger partial charge in [-0.3, -0.25) is 9.59 Å². The van der Waals surface area contributed by atoms with E-state index in [0.29, 0.717) is 5.69 Å². The zero-order valence-electron chi connectivity index (χ0n) is 13.3. The van der Waals surface area contributed by atoms with Crippen molar-refractivity contribution in [3.63, 3.8) is 0 Å². The highest BCUT2D eigenvalue weighted by atomic mass is 32.2.